The zero-order valence-corrected chi connectivity index (χ0v) is 15.8. The number of hydrogen-bond acceptors (Lipinski definition) is 5. The Hall–Kier alpha value is -2.55. The molecule has 150 valence electrons. The van der Waals surface area contributed by atoms with Crippen molar-refractivity contribution in [3.8, 4) is 5.75 Å². The van der Waals surface area contributed by atoms with Crippen molar-refractivity contribution in [1.29, 1.82) is 0 Å². The molecule has 0 radical (unpaired) electrons. The summed E-state index contributed by atoms with van der Waals surface area (Å²) in [4.78, 5) is 16.7. The molecule has 1 aromatic heterocycles. The van der Waals surface area contributed by atoms with Crippen molar-refractivity contribution in [2.45, 2.75) is 31.8 Å². The van der Waals surface area contributed by atoms with Gasteiger partial charge in [-0.2, -0.15) is 0 Å². The summed E-state index contributed by atoms with van der Waals surface area (Å²) in [6, 6.07) is 2.87. The Morgan fingerprint density at radius 2 is 2.07 bits per heavy atom. The minimum Gasteiger partial charge on any atom is -0.481 e. The van der Waals surface area contributed by atoms with Gasteiger partial charge in [0.15, 0.2) is 24.0 Å². The Bertz CT molecular complexity index is 872. The van der Waals surface area contributed by atoms with Gasteiger partial charge in [-0.15, -0.1) is 10.2 Å². The van der Waals surface area contributed by atoms with E-state index in [4.69, 9.17) is 4.74 Å². The molecular weight excluding hydrogens is 368 g/mol. The van der Waals surface area contributed by atoms with E-state index in [1.54, 1.807) is 4.90 Å². The number of ether oxygens (including phenoxy) is 1. The molecule has 2 aliphatic heterocycles. The molecule has 0 bridgehead atoms. The molecule has 1 fully saturated rings. The van der Waals surface area contributed by atoms with E-state index in [1.165, 1.54) is 6.07 Å². The van der Waals surface area contributed by atoms with E-state index < -0.39 is 11.6 Å². The van der Waals surface area contributed by atoms with Crippen LogP contribution < -0.4 is 4.74 Å². The maximum Gasteiger partial charge on any atom is 0.261 e. The Kier molecular flexibility index (Phi) is 5.25. The molecule has 2 aliphatic rings. The highest BCUT2D eigenvalue weighted by Crippen LogP contribution is 2.32. The number of carbonyl (C=O) groups excluding carboxylic acids is 1. The first-order chi connectivity index (χ1) is 13.5. The number of fused-ring (bicyclic) bond motifs is 1. The summed E-state index contributed by atoms with van der Waals surface area (Å²) in [7, 11) is 2.08. The van der Waals surface area contributed by atoms with Crippen LogP contribution in [0, 0.1) is 11.6 Å². The summed E-state index contributed by atoms with van der Waals surface area (Å²) < 4.78 is 34.1. The standard InChI is InChI=1S/C19H23F2N5O2/c1-24-8-6-17-22-23-19(26(17)10-9-24)15-3-2-7-25(15)18(27)12-28-16-5-4-13(20)11-14(16)21/h4-5,11,15H,2-3,6-10,12H2,1H3/t15-/m0/s1. The zero-order valence-electron chi connectivity index (χ0n) is 15.8. The maximum atomic E-state index is 13.7. The Morgan fingerprint density at radius 1 is 1.21 bits per heavy atom. The number of amides is 1. The third kappa shape index (κ3) is 3.71. The van der Waals surface area contributed by atoms with Gasteiger partial charge in [-0.3, -0.25) is 4.79 Å². The SMILES string of the molecule is CN1CCc2nnc([C@@H]3CCCN3C(=O)COc3ccc(F)cc3F)n2CC1. The van der Waals surface area contributed by atoms with Gasteiger partial charge in [0.05, 0.1) is 6.04 Å². The Morgan fingerprint density at radius 3 is 2.89 bits per heavy atom. The van der Waals surface area contributed by atoms with Gasteiger partial charge in [-0.05, 0) is 32.0 Å². The number of benzene rings is 1. The van der Waals surface area contributed by atoms with Crippen LogP contribution in [0.2, 0.25) is 0 Å². The van der Waals surface area contributed by atoms with Crippen molar-refractivity contribution < 1.29 is 18.3 Å². The largest absolute Gasteiger partial charge is 0.481 e. The molecule has 4 rings (SSSR count). The number of aromatic nitrogens is 3. The van der Waals surface area contributed by atoms with Crippen molar-refractivity contribution in [2.24, 2.45) is 0 Å². The first-order valence-corrected chi connectivity index (χ1v) is 9.51. The second-order valence-electron chi connectivity index (χ2n) is 7.29. The van der Waals surface area contributed by atoms with Crippen molar-refractivity contribution in [3.63, 3.8) is 0 Å². The summed E-state index contributed by atoms with van der Waals surface area (Å²) in [5, 5.41) is 8.71. The van der Waals surface area contributed by atoms with E-state index in [0.29, 0.717) is 6.54 Å². The molecule has 0 unspecified atom stereocenters. The number of rotatable bonds is 4. The summed E-state index contributed by atoms with van der Waals surface area (Å²) in [5.74, 6) is -0.127. The summed E-state index contributed by atoms with van der Waals surface area (Å²) >= 11 is 0. The second kappa shape index (κ2) is 7.83. The van der Waals surface area contributed by atoms with Gasteiger partial charge in [-0.1, -0.05) is 0 Å². The maximum absolute atomic E-state index is 13.7. The number of hydrogen-bond donors (Lipinski definition) is 0. The smallest absolute Gasteiger partial charge is 0.261 e. The monoisotopic (exact) mass is 391 g/mol. The Labute approximate surface area is 161 Å². The first kappa shape index (κ1) is 18.8. The number of nitrogens with zero attached hydrogens (tertiary/aromatic N) is 5. The number of likely N-dealkylation sites (tertiary alicyclic amines) is 1. The van der Waals surface area contributed by atoms with Gasteiger partial charge in [0, 0.05) is 38.7 Å². The minimum atomic E-state index is -0.822. The third-order valence-corrected chi connectivity index (χ3v) is 5.39. The van der Waals surface area contributed by atoms with Crippen molar-refractivity contribution in [1.82, 2.24) is 24.6 Å². The molecule has 0 N–H and O–H groups in total. The molecule has 28 heavy (non-hydrogen) atoms. The van der Waals surface area contributed by atoms with Crippen molar-refractivity contribution in [3.05, 3.63) is 41.5 Å². The molecule has 1 atom stereocenters. The topological polar surface area (TPSA) is 63.5 Å². The Balaban J connectivity index is 1.46. The van der Waals surface area contributed by atoms with E-state index in [-0.39, 0.29) is 24.3 Å². The number of likely N-dealkylation sites (N-methyl/N-ethyl adjacent to an activating group) is 1. The van der Waals surface area contributed by atoms with Crippen molar-refractivity contribution >= 4 is 5.91 Å². The molecule has 0 aliphatic carbocycles. The van der Waals surface area contributed by atoms with Gasteiger partial charge in [0.1, 0.15) is 11.6 Å². The molecule has 1 amide bonds. The summed E-state index contributed by atoms with van der Waals surface area (Å²) in [6.07, 6.45) is 2.51. The van der Waals surface area contributed by atoms with Crippen LogP contribution in [-0.4, -0.2) is 63.8 Å². The van der Waals surface area contributed by atoms with Crippen LogP contribution in [0.3, 0.4) is 0 Å². The highest BCUT2D eigenvalue weighted by molar-refractivity contribution is 5.78. The fraction of sp³-hybridized carbons (Fsp3) is 0.526. The predicted octanol–water partition coefficient (Wildman–Crippen LogP) is 1.79. The lowest BCUT2D eigenvalue weighted by atomic mass is 10.2. The van der Waals surface area contributed by atoms with E-state index in [2.05, 4.69) is 26.7 Å². The lowest BCUT2D eigenvalue weighted by molar-refractivity contribution is -0.134. The molecule has 3 heterocycles. The molecular formula is C19H23F2N5O2. The van der Waals surface area contributed by atoms with Crippen LogP contribution in [0.1, 0.15) is 30.5 Å². The summed E-state index contributed by atoms with van der Waals surface area (Å²) in [6.45, 7) is 2.93. The average molecular weight is 391 g/mol. The quantitative estimate of drug-likeness (QED) is 0.795. The molecule has 9 heteroatoms. The van der Waals surface area contributed by atoms with Crippen LogP contribution >= 0.6 is 0 Å². The minimum absolute atomic E-state index is 0.134. The van der Waals surface area contributed by atoms with Gasteiger partial charge in [-0.25, -0.2) is 8.78 Å². The van der Waals surface area contributed by atoms with E-state index >= 15 is 0 Å². The van der Waals surface area contributed by atoms with Crippen LogP contribution in [0.25, 0.3) is 0 Å². The second-order valence-corrected chi connectivity index (χ2v) is 7.29. The van der Waals surface area contributed by atoms with E-state index in [9.17, 15) is 13.6 Å². The molecule has 7 nitrogen and oxygen atoms in total. The van der Waals surface area contributed by atoms with Crippen molar-refractivity contribution in [2.75, 3.05) is 33.3 Å². The molecule has 1 aromatic carbocycles. The van der Waals surface area contributed by atoms with Crippen LogP contribution in [0.4, 0.5) is 8.78 Å². The lowest BCUT2D eigenvalue weighted by Gasteiger charge is -2.25. The molecule has 1 saturated heterocycles. The van der Waals surface area contributed by atoms with E-state index in [1.807, 2.05) is 0 Å². The van der Waals surface area contributed by atoms with Gasteiger partial charge < -0.3 is 19.1 Å². The van der Waals surface area contributed by atoms with E-state index in [0.717, 1.165) is 62.7 Å². The highest BCUT2D eigenvalue weighted by atomic mass is 19.1. The molecule has 0 saturated carbocycles. The zero-order chi connectivity index (χ0) is 19.7. The molecule has 0 spiro atoms. The first-order valence-electron chi connectivity index (χ1n) is 9.51. The number of carbonyl (C=O) groups is 1. The van der Waals surface area contributed by atoms with Gasteiger partial charge in [0.25, 0.3) is 5.91 Å². The highest BCUT2D eigenvalue weighted by Gasteiger charge is 2.34. The van der Waals surface area contributed by atoms with Crippen LogP contribution in [0.15, 0.2) is 18.2 Å². The van der Waals surface area contributed by atoms with Crippen LogP contribution in [-0.2, 0) is 17.8 Å². The molecule has 2 aromatic rings. The summed E-state index contributed by atoms with van der Waals surface area (Å²) in [5.41, 5.74) is 0. The lowest BCUT2D eigenvalue weighted by Crippen LogP contribution is -2.36. The normalized spacial score (nSPS) is 20.1. The van der Waals surface area contributed by atoms with Gasteiger partial charge >= 0.3 is 0 Å². The van der Waals surface area contributed by atoms with Gasteiger partial charge in [0.2, 0.25) is 0 Å². The number of halogens is 2. The average Bonchev–Trinajstić information content (AvgIpc) is 3.26. The van der Waals surface area contributed by atoms with Crippen LogP contribution in [0.5, 0.6) is 5.75 Å². The predicted molar refractivity (Wildman–Crippen MR) is 96.8 cm³/mol. The fourth-order valence-electron chi connectivity index (χ4n) is 3.85. The third-order valence-electron chi connectivity index (χ3n) is 5.39. The fourth-order valence-corrected chi connectivity index (χ4v) is 3.85.